The summed E-state index contributed by atoms with van der Waals surface area (Å²) >= 11 is 0. The molecule has 4 aromatic carbocycles. The largest absolute Gasteiger partial charge is 0.331 e. The molecule has 1 amide bonds. The zero-order chi connectivity index (χ0) is 23.6. The van der Waals surface area contributed by atoms with Crippen LogP contribution in [0.5, 0.6) is 0 Å². The van der Waals surface area contributed by atoms with E-state index in [-0.39, 0.29) is 5.91 Å². The molecule has 170 valence electrons. The number of benzene rings is 4. The van der Waals surface area contributed by atoms with Crippen LogP contribution in [0.4, 0.5) is 0 Å². The summed E-state index contributed by atoms with van der Waals surface area (Å²) in [5.41, 5.74) is 1.12. The van der Waals surface area contributed by atoms with Crippen LogP contribution in [-0.4, -0.2) is 23.1 Å². The molecule has 0 fully saturated rings. The van der Waals surface area contributed by atoms with Gasteiger partial charge < -0.3 is 4.90 Å². The standard InChI is InChI=1S/C31H30NOP/c1-2-3-24-32(25-27-16-8-4-9-17-27)31(33)26-34(28-18-10-5-11-19-28,29-20-12-6-13-21-29)30-22-14-7-15-23-30/h2-23,26H,24-25H2,1H3/b3-2+. The van der Waals surface area contributed by atoms with Crippen LogP contribution in [0.25, 0.3) is 0 Å². The summed E-state index contributed by atoms with van der Waals surface area (Å²) in [5.74, 6) is 2.06. The van der Waals surface area contributed by atoms with Crippen LogP contribution in [0.1, 0.15) is 12.5 Å². The topological polar surface area (TPSA) is 20.3 Å². The normalized spacial score (nSPS) is 11.3. The third-order valence-corrected chi connectivity index (χ3v) is 9.83. The quantitative estimate of drug-likeness (QED) is 0.254. The van der Waals surface area contributed by atoms with Gasteiger partial charge in [0.2, 0.25) is 5.91 Å². The van der Waals surface area contributed by atoms with Crippen molar-refractivity contribution in [2.24, 2.45) is 0 Å². The molecule has 0 aliphatic rings. The van der Waals surface area contributed by atoms with Crippen LogP contribution in [0.15, 0.2) is 133 Å². The van der Waals surface area contributed by atoms with Gasteiger partial charge in [0.25, 0.3) is 0 Å². The molecular weight excluding hydrogens is 433 g/mol. The third-order valence-electron chi connectivity index (χ3n) is 5.88. The number of carbonyl (C=O) groups excluding carboxylic acids is 1. The molecule has 0 heterocycles. The predicted octanol–water partition coefficient (Wildman–Crippen LogP) is 5.39. The average Bonchev–Trinajstić information content (AvgIpc) is 2.91. The highest BCUT2D eigenvalue weighted by atomic mass is 31.2. The van der Waals surface area contributed by atoms with Crippen molar-refractivity contribution in [3.63, 3.8) is 0 Å². The van der Waals surface area contributed by atoms with E-state index in [4.69, 9.17) is 0 Å². The van der Waals surface area contributed by atoms with Crippen molar-refractivity contribution >= 4 is 34.5 Å². The monoisotopic (exact) mass is 463 g/mol. The van der Waals surface area contributed by atoms with Crippen molar-refractivity contribution in [3.8, 4) is 0 Å². The molecule has 0 bridgehead atoms. The van der Waals surface area contributed by atoms with Crippen LogP contribution < -0.4 is 15.9 Å². The second-order valence-corrected chi connectivity index (χ2v) is 11.4. The van der Waals surface area contributed by atoms with Gasteiger partial charge in [0, 0.05) is 18.9 Å². The number of allylic oxidation sites excluding steroid dienone is 1. The van der Waals surface area contributed by atoms with Crippen molar-refractivity contribution < 1.29 is 4.79 Å². The van der Waals surface area contributed by atoms with Crippen LogP contribution in [0, 0.1) is 0 Å². The Morgan fingerprint density at radius 2 is 1.09 bits per heavy atom. The van der Waals surface area contributed by atoms with E-state index < -0.39 is 6.89 Å². The average molecular weight is 464 g/mol. The summed E-state index contributed by atoms with van der Waals surface area (Å²) in [4.78, 5) is 16.0. The maximum atomic E-state index is 14.1. The highest BCUT2D eigenvalue weighted by Crippen LogP contribution is 2.43. The molecule has 0 N–H and O–H groups in total. The van der Waals surface area contributed by atoms with E-state index in [2.05, 4.69) is 84.9 Å². The molecule has 2 nitrogen and oxygen atoms in total. The number of amides is 1. The molecule has 0 saturated heterocycles. The Hall–Kier alpha value is -3.61. The second kappa shape index (κ2) is 11.5. The first-order chi connectivity index (χ1) is 16.7. The first-order valence-electron chi connectivity index (χ1n) is 11.6. The fourth-order valence-corrected chi connectivity index (χ4v) is 7.94. The lowest BCUT2D eigenvalue weighted by Crippen LogP contribution is -2.35. The summed E-state index contributed by atoms with van der Waals surface area (Å²) in [6, 6.07) is 41.6. The Kier molecular flexibility index (Phi) is 7.96. The zero-order valence-electron chi connectivity index (χ0n) is 19.5. The predicted molar refractivity (Wildman–Crippen MR) is 148 cm³/mol. The van der Waals surface area contributed by atoms with Gasteiger partial charge in [-0.15, -0.1) is 0 Å². The van der Waals surface area contributed by atoms with E-state index in [1.807, 2.05) is 66.2 Å². The Bertz CT molecular complexity index is 1160. The molecule has 0 aromatic heterocycles. The molecule has 4 rings (SSSR count). The van der Waals surface area contributed by atoms with Gasteiger partial charge in [0.05, 0.1) is 0 Å². The first kappa shape index (κ1) is 23.5. The minimum Gasteiger partial charge on any atom is -0.331 e. The Balaban J connectivity index is 1.93. The third kappa shape index (κ3) is 5.30. The summed E-state index contributed by atoms with van der Waals surface area (Å²) in [6.45, 7) is 0.787. The van der Waals surface area contributed by atoms with E-state index in [0.29, 0.717) is 13.1 Å². The van der Waals surface area contributed by atoms with Gasteiger partial charge in [-0.2, -0.15) is 0 Å². The van der Waals surface area contributed by atoms with Gasteiger partial charge in [0.15, 0.2) is 0 Å². The minimum absolute atomic E-state index is 0.0480. The van der Waals surface area contributed by atoms with Gasteiger partial charge in [0.1, 0.15) is 0 Å². The zero-order valence-corrected chi connectivity index (χ0v) is 20.4. The van der Waals surface area contributed by atoms with E-state index in [1.54, 1.807) is 0 Å². The first-order valence-corrected chi connectivity index (χ1v) is 13.5. The summed E-state index contributed by atoms with van der Waals surface area (Å²) in [6.07, 6.45) is 4.04. The van der Waals surface area contributed by atoms with Gasteiger partial charge >= 0.3 is 0 Å². The smallest absolute Gasteiger partial charge is 0.248 e. The Labute approximate surface area is 203 Å². The summed E-state index contributed by atoms with van der Waals surface area (Å²) in [5, 5.41) is 3.52. The Morgan fingerprint density at radius 1 is 0.676 bits per heavy atom. The highest BCUT2D eigenvalue weighted by molar-refractivity contribution is 7.95. The SMILES string of the molecule is C/C=C/CN(Cc1ccccc1)C(=O)C=P(c1ccccc1)(c1ccccc1)c1ccccc1. The second-order valence-electron chi connectivity index (χ2n) is 8.13. The molecule has 0 atom stereocenters. The molecule has 34 heavy (non-hydrogen) atoms. The van der Waals surface area contributed by atoms with Crippen molar-refractivity contribution in [3.05, 3.63) is 139 Å². The lowest BCUT2D eigenvalue weighted by atomic mass is 10.2. The Morgan fingerprint density at radius 3 is 1.50 bits per heavy atom. The van der Waals surface area contributed by atoms with Crippen molar-refractivity contribution in [2.75, 3.05) is 6.54 Å². The lowest BCUT2D eigenvalue weighted by molar-refractivity contribution is -0.123. The van der Waals surface area contributed by atoms with Gasteiger partial charge in [-0.25, -0.2) is 0 Å². The highest BCUT2D eigenvalue weighted by Gasteiger charge is 2.27. The molecule has 0 unspecified atom stereocenters. The van der Waals surface area contributed by atoms with Gasteiger partial charge in [-0.3, -0.25) is 4.79 Å². The molecule has 0 spiro atoms. The van der Waals surface area contributed by atoms with Gasteiger partial charge in [-0.05, 0) is 35.3 Å². The van der Waals surface area contributed by atoms with Crippen LogP contribution >= 0.6 is 6.89 Å². The van der Waals surface area contributed by atoms with Gasteiger partial charge in [-0.1, -0.05) is 133 Å². The van der Waals surface area contributed by atoms with Crippen molar-refractivity contribution in [2.45, 2.75) is 13.5 Å². The van der Waals surface area contributed by atoms with E-state index in [0.717, 1.165) is 5.56 Å². The van der Waals surface area contributed by atoms with E-state index >= 15 is 0 Å². The summed E-state index contributed by atoms with van der Waals surface area (Å²) in [7, 11) is 0. The molecule has 0 aliphatic carbocycles. The maximum absolute atomic E-state index is 14.1. The minimum atomic E-state index is -2.34. The number of nitrogens with zero attached hydrogens (tertiary/aromatic N) is 1. The molecule has 0 radical (unpaired) electrons. The number of hydrogen-bond acceptors (Lipinski definition) is 1. The molecule has 4 aromatic rings. The number of rotatable bonds is 8. The molecular formula is C31H30NOP. The maximum Gasteiger partial charge on any atom is 0.248 e. The van der Waals surface area contributed by atoms with Crippen LogP contribution in [0.3, 0.4) is 0 Å². The molecule has 3 heteroatoms. The number of carbonyl (C=O) groups is 1. The van der Waals surface area contributed by atoms with Crippen LogP contribution in [-0.2, 0) is 11.3 Å². The fourth-order valence-electron chi connectivity index (χ4n) is 4.18. The summed E-state index contributed by atoms with van der Waals surface area (Å²) < 4.78 is 0. The van der Waals surface area contributed by atoms with Crippen LogP contribution in [0.2, 0.25) is 0 Å². The van der Waals surface area contributed by atoms with E-state index in [1.165, 1.54) is 15.9 Å². The van der Waals surface area contributed by atoms with Crippen molar-refractivity contribution in [1.29, 1.82) is 0 Å². The molecule has 0 aliphatic heterocycles. The van der Waals surface area contributed by atoms with Crippen molar-refractivity contribution in [1.82, 2.24) is 4.90 Å². The van der Waals surface area contributed by atoms with E-state index in [9.17, 15) is 4.79 Å². The lowest BCUT2D eigenvalue weighted by Gasteiger charge is -2.30. The fraction of sp³-hybridized carbons (Fsp3) is 0.0968. The number of hydrogen-bond donors (Lipinski definition) is 0. The molecule has 0 saturated carbocycles.